The topological polar surface area (TPSA) is 20.2 Å². The van der Waals surface area contributed by atoms with Crippen LogP contribution in [0.4, 0.5) is 0 Å². The van der Waals surface area contributed by atoms with Crippen LogP contribution < -0.4 is 0 Å². The lowest BCUT2D eigenvalue weighted by molar-refractivity contribution is 0.228. The fraction of sp³-hybridized carbons (Fsp3) is 0.333. The molecule has 0 aliphatic heterocycles. The minimum Gasteiger partial charge on any atom is -0.392 e. The average Bonchev–Trinajstić information content (AvgIpc) is 2.80. The molecular weight excluding hydrogens is 232 g/mol. The molecule has 96 valence electrons. The van der Waals surface area contributed by atoms with Crippen LogP contribution in [0.25, 0.3) is 11.1 Å². The van der Waals surface area contributed by atoms with Gasteiger partial charge in [-0.1, -0.05) is 62.4 Å². The number of fused-ring (bicyclic) bond motifs is 3. The van der Waals surface area contributed by atoms with E-state index < -0.39 is 0 Å². The van der Waals surface area contributed by atoms with E-state index in [0.717, 1.165) is 0 Å². The van der Waals surface area contributed by atoms with Gasteiger partial charge in [-0.05, 0) is 27.7 Å². The number of rotatable bonds is 1. The van der Waals surface area contributed by atoms with Crippen molar-refractivity contribution in [1.82, 2.24) is 0 Å². The second-order valence-corrected chi connectivity index (χ2v) is 6.44. The number of hydrogen-bond donors (Lipinski definition) is 1. The average molecular weight is 250 g/mol. The van der Waals surface area contributed by atoms with Crippen LogP contribution in [0.15, 0.2) is 48.5 Å². The van der Waals surface area contributed by atoms with Gasteiger partial charge in [-0.25, -0.2) is 0 Å². The van der Waals surface area contributed by atoms with Crippen LogP contribution in [0.1, 0.15) is 30.9 Å². The van der Waals surface area contributed by atoms with Crippen LogP contribution in [0.5, 0.6) is 0 Å². The molecule has 2 aromatic carbocycles. The smallest absolute Gasteiger partial charge is 0.0638 e. The normalized spacial score (nSPS) is 26.9. The second-order valence-electron chi connectivity index (χ2n) is 6.44. The standard InChI is InChI=1S/C18H18O/c1-18(2)16(17(18)19)15-13-9-5-3-7-11(13)12-8-4-6-10-14(12)15/h3-10,15-17,19H,1-2H3/t16-,17-/m0/s1. The van der Waals surface area contributed by atoms with Crippen LogP contribution in [0.3, 0.4) is 0 Å². The van der Waals surface area contributed by atoms with E-state index in [1.54, 1.807) is 0 Å². The highest BCUT2D eigenvalue weighted by Gasteiger charge is 2.62. The van der Waals surface area contributed by atoms with Gasteiger partial charge in [-0.2, -0.15) is 0 Å². The lowest BCUT2D eigenvalue weighted by Crippen LogP contribution is -2.04. The third-order valence-corrected chi connectivity index (χ3v) is 5.09. The highest BCUT2D eigenvalue weighted by molar-refractivity contribution is 5.79. The Morgan fingerprint density at radius 3 is 1.68 bits per heavy atom. The van der Waals surface area contributed by atoms with E-state index in [9.17, 15) is 5.11 Å². The lowest BCUT2D eigenvalue weighted by atomic mass is 9.88. The highest BCUT2D eigenvalue weighted by Crippen LogP contribution is 2.64. The molecule has 1 fully saturated rings. The fourth-order valence-electron chi connectivity index (χ4n) is 3.84. The van der Waals surface area contributed by atoms with Crippen LogP contribution in [-0.4, -0.2) is 11.2 Å². The molecule has 1 heteroatoms. The molecule has 0 saturated heterocycles. The van der Waals surface area contributed by atoms with E-state index in [2.05, 4.69) is 62.4 Å². The summed E-state index contributed by atoms with van der Waals surface area (Å²) in [5.74, 6) is 0.703. The Balaban J connectivity index is 1.93. The summed E-state index contributed by atoms with van der Waals surface area (Å²) in [5.41, 5.74) is 5.50. The molecule has 0 aromatic heterocycles. The largest absolute Gasteiger partial charge is 0.392 e. The summed E-state index contributed by atoms with van der Waals surface area (Å²) in [6.45, 7) is 4.34. The first-order valence-corrected chi connectivity index (χ1v) is 6.98. The first kappa shape index (κ1) is 11.2. The number of aliphatic hydroxyl groups excluding tert-OH is 1. The Morgan fingerprint density at radius 1 is 0.842 bits per heavy atom. The molecule has 19 heavy (non-hydrogen) atoms. The fourth-order valence-corrected chi connectivity index (χ4v) is 3.84. The number of benzene rings is 2. The predicted molar refractivity (Wildman–Crippen MR) is 77.0 cm³/mol. The molecule has 2 aliphatic carbocycles. The van der Waals surface area contributed by atoms with Gasteiger partial charge in [0.15, 0.2) is 0 Å². The van der Waals surface area contributed by atoms with Crippen molar-refractivity contribution >= 4 is 0 Å². The van der Waals surface area contributed by atoms with Gasteiger partial charge in [0, 0.05) is 11.8 Å². The third-order valence-electron chi connectivity index (χ3n) is 5.09. The zero-order chi connectivity index (χ0) is 13.2. The van der Waals surface area contributed by atoms with Gasteiger partial charge in [0.05, 0.1) is 6.10 Å². The van der Waals surface area contributed by atoms with E-state index in [1.165, 1.54) is 22.3 Å². The first-order chi connectivity index (χ1) is 9.12. The van der Waals surface area contributed by atoms with Crippen molar-refractivity contribution in [1.29, 1.82) is 0 Å². The zero-order valence-corrected chi connectivity index (χ0v) is 11.3. The number of aliphatic hydroxyl groups is 1. The van der Waals surface area contributed by atoms with Gasteiger partial charge in [0.25, 0.3) is 0 Å². The molecule has 1 N–H and O–H groups in total. The zero-order valence-electron chi connectivity index (χ0n) is 11.3. The summed E-state index contributed by atoms with van der Waals surface area (Å²) in [4.78, 5) is 0. The van der Waals surface area contributed by atoms with E-state index in [-0.39, 0.29) is 11.5 Å². The quantitative estimate of drug-likeness (QED) is 0.816. The van der Waals surface area contributed by atoms with Crippen molar-refractivity contribution in [3.63, 3.8) is 0 Å². The summed E-state index contributed by atoms with van der Waals surface area (Å²) in [5, 5.41) is 10.3. The molecule has 4 rings (SSSR count). The second kappa shape index (κ2) is 3.49. The van der Waals surface area contributed by atoms with Crippen LogP contribution in [0, 0.1) is 11.3 Å². The SMILES string of the molecule is CC1(C)[C@@H](O)[C@@H]1C1c2ccccc2-c2ccccc21. The van der Waals surface area contributed by atoms with Gasteiger partial charge in [0.2, 0.25) is 0 Å². The molecular formula is C18H18O. The summed E-state index contributed by atoms with van der Waals surface area (Å²) in [6, 6.07) is 17.3. The summed E-state index contributed by atoms with van der Waals surface area (Å²) < 4.78 is 0. The van der Waals surface area contributed by atoms with Crippen LogP contribution >= 0.6 is 0 Å². The van der Waals surface area contributed by atoms with Gasteiger partial charge in [0.1, 0.15) is 0 Å². The summed E-state index contributed by atoms with van der Waals surface area (Å²) >= 11 is 0. The maximum Gasteiger partial charge on any atom is 0.0638 e. The molecule has 0 unspecified atom stereocenters. The monoisotopic (exact) mass is 250 g/mol. The van der Waals surface area contributed by atoms with Gasteiger partial charge >= 0.3 is 0 Å². The Hall–Kier alpha value is -1.60. The van der Waals surface area contributed by atoms with Crippen molar-refractivity contribution in [2.24, 2.45) is 11.3 Å². The van der Waals surface area contributed by atoms with Crippen LogP contribution in [-0.2, 0) is 0 Å². The molecule has 2 atom stereocenters. The van der Waals surface area contributed by atoms with Crippen molar-refractivity contribution < 1.29 is 5.11 Å². The Bertz CT molecular complexity index is 611. The van der Waals surface area contributed by atoms with Gasteiger partial charge in [-0.3, -0.25) is 0 Å². The molecule has 0 heterocycles. The Labute approximate surface area is 113 Å². The molecule has 1 saturated carbocycles. The maximum absolute atomic E-state index is 10.3. The number of hydrogen-bond acceptors (Lipinski definition) is 1. The highest BCUT2D eigenvalue weighted by atomic mass is 16.3. The van der Waals surface area contributed by atoms with Gasteiger partial charge in [-0.15, -0.1) is 0 Å². The van der Waals surface area contributed by atoms with Gasteiger partial charge < -0.3 is 5.11 Å². The summed E-state index contributed by atoms with van der Waals surface area (Å²) in [7, 11) is 0. The molecule has 0 bridgehead atoms. The van der Waals surface area contributed by atoms with Crippen molar-refractivity contribution in [2.75, 3.05) is 0 Å². The van der Waals surface area contributed by atoms with E-state index in [1.807, 2.05) is 0 Å². The molecule has 0 radical (unpaired) electrons. The summed E-state index contributed by atoms with van der Waals surface area (Å²) in [6.07, 6.45) is -0.184. The van der Waals surface area contributed by atoms with E-state index in [4.69, 9.17) is 0 Å². The third kappa shape index (κ3) is 1.34. The maximum atomic E-state index is 10.3. The molecule has 1 nitrogen and oxygen atoms in total. The minimum absolute atomic E-state index is 0.0369. The van der Waals surface area contributed by atoms with Crippen molar-refractivity contribution in [3.05, 3.63) is 59.7 Å². The van der Waals surface area contributed by atoms with E-state index >= 15 is 0 Å². The van der Waals surface area contributed by atoms with Crippen molar-refractivity contribution in [3.8, 4) is 11.1 Å². The molecule has 2 aromatic rings. The first-order valence-electron chi connectivity index (χ1n) is 6.98. The lowest BCUT2D eigenvalue weighted by Gasteiger charge is -2.14. The van der Waals surface area contributed by atoms with E-state index in [0.29, 0.717) is 11.8 Å². The van der Waals surface area contributed by atoms with Crippen molar-refractivity contribution in [2.45, 2.75) is 25.9 Å². The molecule has 0 amide bonds. The van der Waals surface area contributed by atoms with Crippen LogP contribution in [0.2, 0.25) is 0 Å². The Morgan fingerprint density at radius 2 is 1.26 bits per heavy atom. The predicted octanol–water partition coefficient (Wildman–Crippen LogP) is 3.82. The molecule has 2 aliphatic rings. The molecule has 0 spiro atoms. The Kier molecular flexibility index (Phi) is 2.06. The minimum atomic E-state index is -0.184.